The molecule has 0 fully saturated rings. The summed E-state index contributed by atoms with van der Waals surface area (Å²) in [5.41, 5.74) is 2.62. The lowest BCUT2D eigenvalue weighted by atomic mass is 10.0. The minimum absolute atomic E-state index is 0.0847. The summed E-state index contributed by atoms with van der Waals surface area (Å²) in [7, 11) is 0. The minimum atomic E-state index is -0.436. The number of anilines is 1. The van der Waals surface area contributed by atoms with E-state index in [-0.39, 0.29) is 11.2 Å². The van der Waals surface area contributed by atoms with Crippen molar-refractivity contribution in [3.05, 3.63) is 105 Å². The van der Waals surface area contributed by atoms with Crippen LogP contribution in [0.3, 0.4) is 0 Å². The monoisotopic (exact) mass is 439 g/mol. The molecule has 0 amide bonds. The number of furan rings is 1. The molecular weight excluding hydrogens is 418 g/mol. The van der Waals surface area contributed by atoms with Crippen molar-refractivity contribution in [1.29, 1.82) is 0 Å². The van der Waals surface area contributed by atoms with Gasteiger partial charge in [-0.2, -0.15) is 0 Å². The van der Waals surface area contributed by atoms with Crippen molar-refractivity contribution in [2.45, 2.75) is 20.0 Å². The van der Waals surface area contributed by atoms with Crippen LogP contribution in [0.4, 0.5) is 11.6 Å². The molecule has 0 aliphatic rings. The number of fused-ring (bicyclic) bond motifs is 3. The van der Waals surface area contributed by atoms with Gasteiger partial charge in [0.25, 0.3) is 11.2 Å². The molecule has 2 aromatic heterocycles. The first-order valence-electron chi connectivity index (χ1n) is 10.7. The summed E-state index contributed by atoms with van der Waals surface area (Å²) in [6, 6.07) is 23.7. The first-order valence-corrected chi connectivity index (χ1v) is 10.7. The van der Waals surface area contributed by atoms with Gasteiger partial charge in [-0.1, -0.05) is 54.6 Å². The molecule has 33 heavy (non-hydrogen) atoms. The molecule has 164 valence electrons. The van der Waals surface area contributed by atoms with E-state index in [0.29, 0.717) is 41.1 Å². The second-order valence-electron chi connectivity index (χ2n) is 7.69. The highest BCUT2D eigenvalue weighted by Gasteiger charge is 2.27. The largest absolute Gasteiger partial charge is 0.439 e. The molecule has 2 heterocycles. The molecule has 5 rings (SSSR count). The predicted octanol–water partition coefficient (Wildman–Crippen LogP) is 5.95. The van der Waals surface area contributed by atoms with Crippen LogP contribution in [-0.4, -0.2) is 9.49 Å². The van der Waals surface area contributed by atoms with E-state index < -0.39 is 4.92 Å². The molecule has 0 atom stereocenters. The third-order valence-electron chi connectivity index (χ3n) is 5.79. The average Bonchev–Trinajstić information content (AvgIpc) is 3.23. The molecule has 0 saturated heterocycles. The third-order valence-corrected chi connectivity index (χ3v) is 5.79. The van der Waals surface area contributed by atoms with Crippen molar-refractivity contribution in [3.63, 3.8) is 0 Å². The van der Waals surface area contributed by atoms with Crippen LogP contribution >= 0.6 is 0 Å². The van der Waals surface area contributed by atoms with Gasteiger partial charge in [0.2, 0.25) is 5.88 Å². The maximum Gasteiger partial charge on any atom is 0.277 e. The summed E-state index contributed by atoms with van der Waals surface area (Å²) in [5.74, 6) is 0.333. The fourth-order valence-electron chi connectivity index (χ4n) is 4.29. The van der Waals surface area contributed by atoms with E-state index in [0.717, 1.165) is 16.5 Å². The average molecular weight is 439 g/mol. The number of pyridine rings is 1. The molecule has 0 aliphatic heterocycles. The number of para-hydroxylation sites is 2. The fourth-order valence-corrected chi connectivity index (χ4v) is 4.29. The van der Waals surface area contributed by atoms with Gasteiger partial charge in [0.15, 0.2) is 5.58 Å². The van der Waals surface area contributed by atoms with Gasteiger partial charge >= 0.3 is 0 Å². The Morgan fingerprint density at radius 1 is 0.970 bits per heavy atom. The standard InChI is InChI=1S/C26H21N3O4/c1-2-28-20-14-8-7-13-19(20)24-23(26(28)30)22(18-12-6-9-15-21(18)29(31)32)25(33-24)27-16-17-10-4-3-5-11-17/h3-15,27H,2,16H2,1H3. The zero-order valence-corrected chi connectivity index (χ0v) is 17.9. The Morgan fingerprint density at radius 2 is 1.67 bits per heavy atom. The van der Waals surface area contributed by atoms with E-state index in [4.69, 9.17) is 4.42 Å². The third kappa shape index (κ3) is 3.43. The van der Waals surface area contributed by atoms with Gasteiger partial charge in [-0.05, 0) is 30.7 Å². The van der Waals surface area contributed by atoms with Crippen molar-refractivity contribution in [1.82, 2.24) is 4.57 Å². The van der Waals surface area contributed by atoms with Gasteiger partial charge in [-0.25, -0.2) is 0 Å². The van der Waals surface area contributed by atoms with Crippen molar-refractivity contribution < 1.29 is 9.34 Å². The number of rotatable bonds is 6. The van der Waals surface area contributed by atoms with Crippen LogP contribution < -0.4 is 10.9 Å². The van der Waals surface area contributed by atoms with Crippen molar-refractivity contribution in [2.24, 2.45) is 0 Å². The molecule has 0 radical (unpaired) electrons. The van der Waals surface area contributed by atoms with Gasteiger partial charge in [0, 0.05) is 24.5 Å². The van der Waals surface area contributed by atoms with E-state index in [9.17, 15) is 14.9 Å². The molecule has 0 saturated carbocycles. The lowest BCUT2D eigenvalue weighted by Gasteiger charge is -2.09. The van der Waals surface area contributed by atoms with Crippen molar-refractivity contribution in [3.8, 4) is 11.1 Å². The van der Waals surface area contributed by atoms with Crippen molar-refractivity contribution >= 4 is 33.4 Å². The molecule has 0 aliphatic carbocycles. The number of aryl methyl sites for hydroxylation is 1. The van der Waals surface area contributed by atoms with Crippen LogP contribution in [0, 0.1) is 10.1 Å². The summed E-state index contributed by atoms with van der Waals surface area (Å²) >= 11 is 0. The number of nitrogens with zero attached hydrogens (tertiary/aromatic N) is 2. The number of hydrogen-bond donors (Lipinski definition) is 1. The molecule has 0 unspecified atom stereocenters. The first-order chi connectivity index (χ1) is 16.1. The molecular formula is C26H21N3O4. The number of hydrogen-bond acceptors (Lipinski definition) is 5. The van der Waals surface area contributed by atoms with Gasteiger partial charge in [-0.15, -0.1) is 0 Å². The number of nitro benzene ring substituents is 1. The molecule has 3 aromatic carbocycles. The normalized spacial score (nSPS) is 11.2. The molecule has 0 bridgehead atoms. The van der Waals surface area contributed by atoms with Crippen LogP contribution in [0.2, 0.25) is 0 Å². The SMILES string of the molecule is CCn1c(=O)c2c(-c3ccccc3[N+](=O)[O-])c(NCc3ccccc3)oc2c2ccccc21. The smallest absolute Gasteiger partial charge is 0.277 e. The van der Waals surface area contributed by atoms with E-state index in [2.05, 4.69) is 5.32 Å². The Bertz CT molecular complexity index is 1550. The van der Waals surface area contributed by atoms with Crippen LogP contribution in [0.25, 0.3) is 33.0 Å². The zero-order valence-electron chi connectivity index (χ0n) is 17.9. The Balaban J connectivity index is 1.85. The molecule has 7 nitrogen and oxygen atoms in total. The van der Waals surface area contributed by atoms with E-state index in [1.807, 2.05) is 61.5 Å². The molecule has 0 spiro atoms. The molecule has 7 heteroatoms. The Morgan fingerprint density at radius 3 is 2.42 bits per heavy atom. The van der Waals surface area contributed by atoms with Gasteiger partial charge < -0.3 is 14.3 Å². The summed E-state index contributed by atoms with van der Waals surface area (Å²) in [6.07, 6.45) is 0. The summed E-state index contributed by atoms with van der Waals surface area (Å²) in [6.45, 7) is 2.80. The number of nitrogens with one attached hydrogen (secondary N) is 1. The topological polar surface area (TPSA) is 90.3 Å². The summed E-state index contributed by atoms with van der Waals surface area (Å²) in [5, 5.41) is 16.2. The maximum atomic E-state index is 13.6. The quantitative estimate of drug-likeness (QED) is 0.261. The molecule has 1 N–H and O–H groups in total. The number of nitro groups is 1. The molecule has 5 aromatic rings. The minimum Gasteiger partial charge on any atom is -0.439 e. The Hall–Kier alpha value is -4.39. The van der Waals surface area contributed by atoms with Gasteiger partial charge in [-0.3, -0.25) is 14.9 Å². The van der Waals surface area contributed by atoms with Crippen LogP contribution in [0.1, 0.15) is 12.5 Å². The van der Waals surface area contributed by atoms with Crippen LogP contribution in [-0.2, 0) is 13.1 Å². The van der Waals surface area contributed by atoms with Gasteiger partial charge in [0.1, 0.15) is 0 Å². The summed E-state index contributed by atoms with van der Waals surface area (Å²) in [4.78, 5) is 25.0. The summed E-state index contributed by atoms with van der Waals surface area (Å²) < 4.78 is 7.93. The fraction of sp³-hybridized carbons (Fsp3) is 0.115. The lowest BCUT2D eigenvalue weighted by molar-refractivity contribution is -0.384. The number of benzene rings is 3. The number of aromatic nitrogens is 1. The Labute approximate surface area is 189 Å². The van der Waals surface area contributed by atoms with E-state index in [1.165, 1.54) is 6.07 Å². The second-order valence-corrected chi connectivity index (χ2v) is 7.69. The van der Waals surface area contributed by atoms with E-state index >= 15 is 0 Å². The maximum absolute atomic E-state index is 13.6. The predicted molar refractivity (Wildman–Crippen MR) is 130 cm³/mol. The highest BCUT2D eigenvalue weighted by Crippen LogP contribution is 2.43. The van der Waals surface area contributed by atoms with Gasteiger partial charge in [0.05, 0.1) is 27.0 Å². The second kappa shape index (κ2) is 8.27. The highest BCUT2D eigenvalue weighted by molar-refractivity contribution is 6.11. The Kier molecular flexibility index (Phi) is 5.14. The zero-order chi connectivity index (χ0) is 22.9. The van der Waals surface area contributed by atoms with Crippen LogP contribution in [0.15, 0.2) is 88.1 Å². The first kappa shape index (κ1) is 20.5. The van der Waals surface area contributed by atoms with Crippen LogP contribution in [0.5, 0.6) is 0 Å². The lowest BCUT2D eigenvalue weighted by Crippen LogP contribution is -2.19. The highest BCUT2D eigenvalue weighted by atomic mass is 16.6. The van der Waals surface area contributed by atoms with Crippen molar-refractivity contribution in [2.75, 3.05) is 5.32 Å². The van der Waals surface area contributed by atoms with E-state index in [1.54, 1.807) is 22.8 Å².